The van der Waals surface area contributed by atoms with Crippen molar-refractivity contribution in [3.05, 3.63) is 29.3 Å². The minimum atomic E-state index is -0.305. The van der Waals surface area contributed by atoms with E-state index in [0.717, 1.165) is 67.7 Å². The van der Waals surface area contributed by atoms with E-state index in [9.17, 15) is 9.59 Å². The normalized spacial score (nSPS) is 36.0. The smallest absolute Gasteiger partial charge is 0.247 e. The predicted molar refractivity (Wildman–Crippen MR) is 110 cm³/mol. The van der Waals surface area contributed by atoms with Gasteiger partial charge in [-0.1, -0.05) is 12.1 Å². The molecular formula is C24H32N2O2. The molecule has 4 nitrogen and oxygen atoms in total. The number of hydrogen-bond donors (Lipinski definition) is 1. The van der Waals surface area contributed by atoms with Crippen LogP contribution in [-0.2, 0) is 9.59 Å². The Morgan fingerprint density at radius 1 is 1.04 bits per heavy atom. The molecule has 1 aromatic rings. The number of amides is 2. The molecule has 4 heteroatoms. The number of nitrogens with one attached hydrogen (secondary N) is 1. The Balaban J connectivity index is 1.35. The van der Waals surface area contributed by atoms with Crippen molar-refractivity contribution in [2.45, 2.75) is 71.3 Å². The van der Waals surface area contributed by atoms with E-state index in [2.05, 4.69) is 18.3 Å². The van der Waals surface area contributed by atoms with Crippen LogP contribution in [-0.4, -0.2) is 29.3 Å². The zero-order valence-corrected chi connectivity index (χ0v) is 17.2. The maximum Gasteiger partial charge on any atom is 0.247 e. The van der Waals surface area contributed by atoms with E-state index in [-0.39, 0.29) is 17.4 Å². The van der Waals surface area contributed by atoms with E-state index in [1.807, 2.05) is 24.0 Å². The topological polar surface area (TPSA) is 49.4 Å². The second kappa shape index (κ2) is 6.60. The fourth-order valence-corrected chi connectivity index (χ4v) is 7.06. The first-order chi connectivity index (χ1) is 13.4. The fourth-order valence-electron chi connectivity index (χ4n) is 7.06. The van der Waals surface area contributed by atoms with Gasteiger partial charge in [0.15, 0.2) is 0 Å². The van der Waals surface area contributed by atoms with Gasteiger partial charge in [0.25, 0.3) is 0 Å². The van der Waals surface area contributed by atoms with E-state index in [4.69, 9.17) is 0 Å². The first-order valence-electron chi connectivity index (χ1n) is 11.1. The molecule has 1 heterocycles. The first-order valence-corrected chi connectivity index (χ1v) is 11.1. The summed E-state index contributed by atoms with van der Waals surface area (Å²) in [7, 11) is 0. The Morgan fingerprint density at radius 2 is 1.68 bits per heavy atom. The highest BCUT2D eigenvalue weighted by Gasteiger charge is 2.56. The van der Waals surface area contributed by atoms with Crippen LogP contribution in [0.3, 0.4) is 0 Å². The summed E-state index contributed by atoms with van der Waals surface area (Å²) in [6, 6.07) is 5.69. The Morgan fingerprint density at radius 3 is 2.32 bits per heavy atom. The van der Waals surface area contributed by atoms with Gasteiger partial charge in [-0.05, 0) is 100 Å². The zero-order chi connectivity index (χ0) is 19.5. The number of aryl methyl sites for hydroxylation is 1. The molecule has 2 amide bonds. The summed E-state index contributed by atoms with van der Waals surface area (Å²) in [5.74, 6) is 2.54. The monoisotopic (exact) mass is 380 g/mol. The van der Waals surface area contributed by atoms with Crippen molar-refractivity contribution >= 4 is 17.5 Å². The van der Waals surface area contributed by atoms with Crippen LogP contribution in [0.15, 0.2) is 18.2 Å². The van der Waals surface area contributed by atoms with Crippen molar-refractivity contribution in [3.8, 4) is 0 Å². The average molecular weight is 381 g/mol. The quantitative estimate of drug-likeness (QED) is 0.842. The Labute approximate surface area is 168 Å². The number of rotatable bonds is 3. The van der Waals surface area contributed by atoms with Gasteiger partial charge in [0.1, 0.15) is 6.04 Å². The molecule has 4 aliphatic carbocycles. The number of carbonyl (C=O) groups excluding carboxylic acids is 2. The summed E-state index contributed by atoms with van der Waals surface area (Å²) in [4.78, 5) is 28.8. The number of anilines is 1. The van der Waals surface area contributed by atoms with Gasteiger partial charge >= 0.3 is 0 Å². The summed E-state index contributed by atoms with van der Waals surface area (Å²) in [5.41, 5.74) is 2.99. The molecule has 1 saturated heterocycles. The average Bonchev–Trinajstić information content (AvgIpc) is 3.13. The van der Waals surface area contributed by atoms with Gasteiger partial charge < -0.3 is 10.2 Å². The van der Waals surface area contributed by atoms with Crippen LogP contribution in [0, 0.1) is 37.0 Å². The standard InChI is InChI=1S/C24H32N2O2/c1-15-5-3-6-20(16(15)2)25-22(27)21-7-4-8-26(21)23(28)24-12-17-9-18(13-24)11-19(10-17)14-24/h3,5-6,17-19,21H,4,7-14H2,1-2H3,(H,25,27)/t17?,18?,19?,21-,24?/m1/s1. The van der Waals surface area contributed by atoms with Crippen molar-refractivity contribution < 1.29 is 9.59 Å². The third-order valence-electron chi connectivity index (χ3n) is 8.17. The van der Waals surface area contributed by atoms with Crippen LogP contribution in [0.5, 0.6) is 0 Å². The third-order valence-corrected chi connectivity index (χ3v) is 8.17. The van der Waals surface area contributed by atoms with Gasteiger partial charge in [-0.3, -0.25) is 9.59 Å². The molecule has 28 heavy (non-hydrogen) atoms. The van der Waals surface area contributed by atoms with Crippen molar-refractivity contribution in [1.82, 2.24) is 4.90 Å². The highest BCUT2D eigenvalue weighted by Crippen LogP contribution is 2.60. The lowest BCUT2D eigenvalue weighted by molar-refractivity contribution is -0.160. The van der Waals surface area contributed by atoms with Gasteiger partial charge in [-0.2, -0.15) is 0 Å². The maximum absolute atomic E-state index is 13.7. The second-order valence-corrected chi connectivity index (χ2v) is 10.1. The molecule has 0 radical (unpaired) electrons. The van der Waals surface area contributed by atoms with Crippen LogP contribution in [0.4, 0.5) is 5.69 Å². The molecule has 150 valence electrons. The van der Waals surface area contributed by atoms with Crippen LogP contribution in [0.25, 0.3) is 0 Å². The van der Waals surface area contributed by atoms with Gasteiger partial charge in [0, 0.05) is 12.2 Å². The number of carbonyl (C=O) groups is 2. The minimum Gasteiger partial charge on any atom is -0.330 e. The largest absolute Gasteiger partial charge is 0.330 e. The molecule has 6 rings (SSSR count). The number of hydrogen-bond acceptors (Lipinski definition) is 2. The lowest BCUT2D eigenvalue weighted by Gasteiger charge is -2.56. The highest BCUT2D eigenvalue weighted by molar-refractivity contribution is 5.99. The van der Waals surface area contributed by atoms with Crippen LogP contribution in [0.1, 0.15) is 62.5 Å². The Bertz CT molecular complexity index is 780. The molecule has 0 aromatic heterocycles. The van der Waals surface area contributed by atoms with Gasteiger partial charge in [-0.25, -0.2) is 0 Å². The molecule has 0 unspecified atom stereocenters. The van der Waals surface area contributed by atoms with E-state index < -0.39 is 0 Å². The SMILES string of the molecule is Cc1cccc(NC(=O)[C@H]2CCCN2C(=O)C23CC4CC(CC(C4)C2)C3)c1C. The summed E-state index contributed by atoms with van der Waals surface area (Å²) < 4.78 is 0. The molecule has 1 aromatic carbocycles. The van der Waals surface area contributed by atoms with Crippen molar-refractivity contribution in [1.29, 1.82) is 0 Å². The third kappa shape index (κ3) is 2.87. The van der Waals surface area contributed by atoms with E-state index in [1.165, 1.54) is 24.8 Å². The van der Waals surface area contributed by atoms with Crippen LogP contribution in [0.2, 0.25) is 0 Å². The van der Waals surface area contributed by atoms with Crippen molar-refractivity contribution in [2.75, 3.05) is 11.9 Å². The summed E-state index contributed by atoms with van der Waals surface area (Å²) in [6.45, 7) is 4.84. The molecule has 5 fully saturated rings. The minimum absolute atomic E-state index is 0.00993. The first kappa shape index (κ1) is 18.2. The van der Waals surface area contributed by atoms with Crippen LogP contribution >= 0.6 is 0 Å². The second-order valence-electron chi connectivity index (χ2n) is 10.1. The molecule has 1 atom stereocenters. The highest BCUT2D eigenvalue weighted by atomic mass is 16.2. The summed E-state index contributed by atoms with van der Waals surface area (Å²) in [6.07, 6.45) is 8.94. The molecule has 4 saturated carbocycles. The summed E-state index contributed by atoms with van der Waals surface area (Å²) >= 11 is 0. The molecular weight excluding hydrogens is 348 g/mol. The number of benzene rings is 1. The molecule has 4 bridgehead atoms. The maximum atomic E-state index is 13.7. The Kier molecular flexibility index (Phi) is 4.29. The van der Waals surface area contributed by atoms with Gasteiger partial charge in [0.2, 0.25) is 11.8 Å². The lowest BCUT2D eigenvalue weighted by Crippen LogP contribution is -2.56. The molecule has 1 N–H and O–H groups in total. The van der Waals surface area contributed by atoms with Gasteiger partial charge in [0.05, 0.1) is 5.41 Å². The van der Waals surface area contributed by atoms with Crippen molar-refractivity contribution in [3.63, 3.8) is 0 Å². The predicted octanol–water partition coefficient (Wildman–Crippen LogP) is 4.45. The van der Waals surface area contributed by atoms with Gasteiger partial charge in [-0.15, -0.1) is 0 Å². The lowest BCUT2D eigenvalue weighted by atomic mass is 9.49. The van der Waals surface area contributed by atoms with E-state index in [1.54, 1.807) is 0 Å². The Hall–Kier alpha value is -1.84. The zero-order valence-electron chi connectivity index (χ0n) is 17.2. The molecule has 0 spiro atoms. The molecule has 5 aliphatic rings. The summed E-state index contributed by atoms with van der Waals surface area (Å²) in [5, 5.41) is 3.12. The fraction of sp³-hybridized carbons (Fsp3) is 0.667. The van der Waals surface area contributed by atoms with Crippen LogP contribution < -0.4 is 5.32 Å². The van der Waals surface area contributed by atoms with Crippen molar-refractivity contribution in [2.24, 2.45) is 23.2 Å². The molecule has 1 aliphatic heterocycles. The number of likely N-dealkylation sites (tertiary alicyclic amines) is 1. The number of nitrogens with zero attached hydrogens (tertiary/aromatic N) is 1. The van der Waals surface area contributed by atoms with E-state index in [0.29, 0.717) is 5.91 Å². The van der Waals surface area contributed by atoms with E-state index >= 15 is 0 Å².